The fourth-order valence-electron chi connectivity index (χ4n) is 2.39. The number of hydrogen-bond donors (Lipinski definition) is 1. The number of nitrogens with zero attached hydrogens (tertiary/aromatic N) is 2. The van der Waals surface area contributed by atoms with Crippen molar-refractivity contribution in [3.63, 3.8) is 0 Å². The van der Waals surface area contributed by atoms with Crippen LogP contribution >= 0.6 is 0 Å². The summed E-state index contributed by atoms with van der Waals surface area (Å²) in [4.78, 5) is 0. The summed E-state index contributed by atoms with van der Waals surface area (Å²) in [6.45, 7) is 6.05. The summed E-state index contributed by atoms with van der Waals surface area (Å²) in [6.07, 6.45) is 1.68. The minimum atomic E-state index is -0.503. The molecule has 1 aromatic rings. The first kappa shape index (κ1) is 14.2. The van der Waals surface area contributed by atoms with Crippen LogP contribution < -0.4 is 0 Å². The third-order valence-corrected chi connectivity index (χ3v) is 3.71. The molecule has 1 rings (SSSR count). The zero-order chi connectivity index (χ0) is 13.1. The molecule has 0 bridgehead atoms. The topological polar surface area (TPSA) is 47.3 Å². The van der Waals surface area contributed by atoms with Crippen molar-refractivity contribution in [1.82, 2.24) is 9.78 Å². The lowest BCUT2D eigenvalue weighted by molar-refractivity contribution is -0.107. The molecule has 17 heavy (non-hydrogen) atoms. The summed E-state index contributed by atoms with van der Waals surface area (Å²) in [5, 5.41) is 14.7. The third-order valence-electron chi connectivity index (χ3n) is 3.71. The van der Waals surface area contributed by atoms with Crippen molar-refractivity contribution in [2.45, 2.75) is 51.7 Å². The lowest BCUT2D eigenvalue weighted by Crippen LogP contribution is -2.44. The van der Waals surface area contributed by atoms with Crippen LogP contribution in [0.3, 0.4) is 0 Å². The van der Waals surface area contributed by atoms with Gasteiger partial charge in [0.25, 0.3) is 0 Å². The van der Waals surface area contributed by atoms with Gasteiger partial charge in [0.05, 0.1) is 17.4 Å². The van der Waals surface area contributed by atoms with E-state index < -0.39 is 11.7 Å². The van der Waals surface area contributed by atoms with E-state index in [2.05, 4.69) is 5.10 Å². The van der Waals surface area contributed by atoms with Crippen molar-refractivity contribution in [1.29, 1.82) is 0 Å². The Morgan fingerprint density at radius 3 is 2.41 bits per heavy atom. The van der Waals surface area contributed by atoms with Crippen LogP contribution in [0, 0.1) is 6.92 Å². The van der Waals surface area contributed by atoms with Gasteiger partial charge in [0.2, 0.25) is 0 Å². The Balaban J connectivity index is 2.83. The molecule has 98 valence electrons. The van der Waals surface area contributed by atoms with Crippen LogP contribution in [0.25, 0.3) is 0 Å². The molecule has 0 spiro atoms. The summed E-state index contributed by atoms with van der Waals surface area (Å²) in [5.41, 5.74) is 1.57. The quantitative estimate of drug-likeness (QED) is 0.825. The van der Waals surface area contributed by atoms with E-state index in [1.165, 1.54) is 0 Å². The number of ether oxygens (including phenoxy) is 1. The maximum absolute atomic E-state index is 10.4. The highest BCUT2D eigenvalue weighted by atomic mass is 16.5. The molecule has 0 aliphatic heterocycles. The van der Waals surface area contributed by atoms with E-state index in [-0.39, 0.29) is 0 Å². The molecule has 0 aliphatic rings. The van der Waals surface area contributed by atoms with E-state index in [0.29, 0.717) is 6.42 Å². The number of methoxy groups -OCH3 is 1. The fourth-order valence-corrected chi connectivity index (χ4v) is 2.39. The predicted octanol–water partition coefficient (Wildman–Crippen LogP) is 1.84. The van der Waals surface area contributed by atoms with Crippen molar-refractivity contribution in [3.8, 4) is 0 Å². The van der Waals surface area contributed by atoms with Gasteiger partial charge >= 0.3 is 0 Å². The number of hydrogen-bond acceptors (Lipinski definition) is 3. The smallest absolute Gasteiger partial charge is 0.0935 e. The van der Waals surface area contributed by atoms with Crippen LogP contribution in [0.15, 0.2) is 6.07 Å². The van der Waals surface area contributed by atoms with E-state index in [0.717, 1.165) is 24.2 Å². The maximum Gasteiger partial charge on any atom is 0.0935 e. The number of aromatic nitrogens is 2. The van der Waals surface area contributed by atoms with Gasteiger partial charge in [0, 0.05) is 26.3 Å². The molecule has 0 radical (unpaired) electrons. The van der Waals surface area contributed by atoms with Crippen LogP contribution in [-0.4, -0.2) is 33.7 Å². The van der Waals surface area contributed by atoms with Gasteiger partial charge in [-0.2, -0.15) is 5.10 Å². The molecule has 0 amide bonds. The Hall–Kier alpha value is -0.870. The fraction of sp³-hybridized carbons (Fsp3) is 0.769. The van der Waals surface area contributed by atoms with Gasteiger partial charge in [-0.3, -0.25) is 4.68 Å². The van der Waals surface area contributed by atoms with E-state index in [1.54, 1.807) is 7.11 Å². The number of aryl methyl sites for hydroxylation is 2. The van der Waals surface area contributed by atoms with Crippen LogP contribution in [0.4, 0.5) is 0 Å². The molecular formula is C13H24N2O2. The average molecular weight is 240 g/mol. The molecule has 4 heteroatoms. The molecule has 4 nitrogen and oxygen atoms in total. The second-order valence-corrected chi connectivity index (χ2v) is 4.60. The van der Waals surface area contributed by atoms with Gasteiger partial charge in [-0.25, -0.2) is 0 Å². The highest BCUT2D eigenvalue weighted by molar-refractivity contribution is 5.11. The highest BCUT2D eigenvalue weighted by Gasteiger charge is 2.35. The summed E-state index contributed by atoms with van der Waals surface area (Å²) in [7, 11) is 3.58. The van der Waals surface area contributed by atoms with Crippen molar-refractivity contribution in [2.75, 3.05) is 7.11 Å². The standard InChI is InChI=1S/C13H24N2O2/c1-6-13(7-2,17-5)12(16)9-11-8-10(3)14-15(11)4/h8,12,16H,6-7,9H2,1-5H3. The molecule has 0 saturated heterocycles. The molecule has 0 saturated carbocycles. The van der Waals surface area contributed by atoms with E-state index in [9.17, 15) is 5.11 Å². The van der Waals surface area contributed by atoms with Gasteiger partial charge in [-0.1, -0.05) is 13.8 Å². The molecule has 0 aliphatic carbocycles. The molecule has 1 atom stereocenters. The Kier molecular flexibility index (Phi) is 4.71. The second kappa shape index (κ2) is 5.65. The zero-order valence-corrected chi connectivity index (χ0v) is 11.5. The Morgan fingerprint density at radius 2 is 2.06 bits per heavy atom. The van der Waals surface area contributed by atoms with E-state index in [4.69, 9.17) is 4.74 Å². The molecule has 1 aromatic heterocycles. The van der Waals surface area contributed by atoms with Crippen LogP contribution in [0.1, 0.15) is 38.1 Å². The average Bonchev–Trinajstić information content (AvgIpc) is 2.61. The molecule has 0 aromatic carbocycles. The van der Waals surface area contributed by atoms with Crippen molar-refractivity contribution in [2.24, 2.45) is 7.05 Å². The Labute approximate surface area is 104 Å². The van der Waals surface area contributed by atoms with Crippen LogP contribution in [0.2, 0.25) is 0 Å². The minimum Gasteiger partial charge on any atom is -0.390 e. The summed E-state index contributed by atoms with van der Waals surface area (Å²) >= 11 is 0. The first-order valence-electron chi connectivity index (χ1n) is 6.21. The monoisotopic (exact) mass is 240 g/mol. The van der Waals surface area contributed by atoms with Crippen molar-refractivity contribution >= 4 is 0 Å². The number of aliphatic hydroxyl groups is 1. The molecule has 0 fully saturated rings. The Morgan fingerprint density at radius 1 is 1.47 bits per heavy atom. The summed E-state index contributed by atoms with van der Waals surface area (Å²) < 4.78 is 7.36. The SMILES string of the molecule is CCC(CC)(OC)C(O)Cc1cc(C)nn1C. The summed E-state index contributed by atoms with van der Waals surface area (Å²) in [5.74, 6) is 0. The van der Waals surface area contributed by atoms with Crippen molar-refractivity contribution in [3.05, 3.63) is 17.5 Å². The number of aliphatic hydroxyl groups excluding tert-OH is 1. The van der Waals surface area contributed by atoms with Crippen molar-refractivity contribution < 1.29 is 9.84 Å². The van der Waals surface area contributed by atoms with E-state index in [1.807, 2.05) is 38.6 Å². The van der Waals surface area contributed by atoms with Crippen LogP contribution in [-0.2, 0) is 18.2 Å². The maximum atomic E-state index is 10.4. The van der Waals surface area contributed by atoms with Gasteiger partial charge in [0.15, 0.2) is 0 Å². The third kappa shape index (κ3) is 2.87. The Bertz CT molecular complexity index is 348. The lowest BCUT2D eigenvalue weighted by Gasteiger charge is -2.35. The lowest BCUT2D eigenvalue weighted by atomic mass is 9.87. The molecular weight excluding hydrogens is 216 g/mol. The molecule has 1 unspecified atom stereocenters. The van der Waals surface area contributed by atoms with Crippen LogP contribution in [0.5, 0.6) is 0 Å². The minimum absolute atomic E-state index is 0.446. The first-order valence-corrected chi connectivity index (χ1v) is 6.21. The van der Waals surface area contributed by atoms with Gasteiger partial charge in [0.1, 0.15) is 0 Å². The second-order valence-electron chi connectivity index (χ2n) is 4.60. The largest absolute Gasteiger partial charge is 0.390 e. The van der Waals surface area contributed by atoms with Gasteiger partial charge in [-0.05, 0) is 25.8 Å². The van der Waals surface area contributed by atoms with Gasteiger partial charge in [-0.15, -0.1) is 0 Å². The highest BCUT2D eigenvalue weighted by Crippen LogP contribution is 2.26. The normalized spacial score (nSPS) is 14.0. The predicted molar refractivity (Wildman–Crippen MR) is 68.0 cm³/mol. The molecule has 1 N–H and O–H groups in total. The van der Waals surface area contributed by atoms with E-state index >= 15 is 0 Å². The number of rotatable bonds is 6. The zero-order valence-electron chi connectivity index (χ0n) is 11.5. The summed E-state index contributed by atoms with van der Waals surface area (Å²) in [6, 6.07) is 2.01. The molecule has 1 heterocycles. The first-order chi connectivity index (χ1) is 7.99. The van der Waals surface area contributed by atoms with Gasteiger partial charge < -0.3 is 9.84 Å².